The first-order chi connectivity index (χ1) is 21.1. The molecule has 0 spiro atoms. The maximum Gasteiger partial charge on any atom is 2.00 e. The molecule has 8 nitrogen and oxygen atoms in total. The van der Waals surface area contributed by atoms with E-state index in [0.29, 0.717) is 24.1 Å². The average Bonchev–Trinajstić information content (AvgIpc) is 3.67. The number of fused-ring (bicyclic) bond motifs is 8. The summed E-state index contributed by atoms with van der Waals surface area (Å²) in [4.78, 5) is 44.3. The van der Waals surface area contributed by atoms with E-state index in [-0.39, 0.29) is 41.3 Å². The minimum atomic E-state index is -0.295. The summed E-state index contributed by atoms with van der Waals surface area (Å²) >= 11 is 0. The number of hydrogen-bond acceptors (Lipinski definition) is 6. The topological polar surface area (TPSA) is 107 Å². The zero-order valence-electron chi connectivity index (χ0n) is 26.4. The van der Waals surface area contributed by atoms with Crippen LogP contribution in [0.2, 0.25) is 0 Å². The van der Waals surface area contributed by atoms with Crippen molar-refractivity contribution in [3.05, 3.63) is 88.5 Å². The number of rotatable bonds is 8. The molecule has 234 valence electrons. The number of hydrogen-bond donors (Lipinski definition) is 0. The van der Waals surface area contributed by atoms with Crippen LogP contribution in [-0.2, 0) is 42.0 Å². The molecule has 3 aromatic heterocycles. The summed E-state index contributed by atoms with van der Waals surface area (Å²) in [5.74, 6) is -0.589. The van der Waals surface area contributed by atoms with E-state index >= 15 is 0 Å². The Balaban J connectivity index is 0.00000461. The second kappa shape index (κ2) is 13.7. The van der Waals surface area contributed by atoms with Gasteiger partial charge in [-0.25, -0.2) is 9.97 Å². The van der Waals surface area contributed by atoms with Gasteiger partial charge >= 0.3 is 28.4 Å². The Hall–Kier alpha value is -4.49. The average molecular weight is 647 g/mol. The quantitative estimate of drug-likeness (QED) is 0.191. The van der Waals surface area contributed by atoms with Gasteiger partial charge in [0.15, 0.2) is 0 Å². The number of nitrogens with zero attached hydrogens (tertiary/aromatic N) is 4. The number of aryl methyl sites for hydroxylation is 3. The molecule has 2 aliphatic rings. The van der Waals surface area contributed by atoms with Crippen LogP contribution in [0.25, 0.3) is 50.4 Å². The molecule has 0 amide bonds. The first kappa shape index (κ1) is 33.4. The van der Waals surface area contributed by atoms with E-state index in [0.717, 1.165) is 78.2 Å². The molecule has 9 heteroatoms. The van der Waals surface area contributed by atoms with Gasteiger partial charge < -0.3 is 19.4 Å². The van der Waals surface area contributed by atoms with Gasteiger partial charge in [0.2, 0.25) is 0 Å². The number of allylic oxidation sites excluding steroid dienone is 5. The Morgan fingerprint density at radius 3 is 1.89 bits per heavy atom. The minimum absolute atomic E-state index is 0. The molecule has 0 N–H and O–H groups in total. The zero-order chi connectivity index (χ0) is 31.7. The number of carbonyl (C=O) groups excluding carboxylic acids is 2. The maximum absolute atomic E-state index is 12.1. The predicted molar refractivity (Wildman–Crippen MR) is 175 cm³/mol. The van der Waals surface area contributed by atoms with Gasteiger partial charge in [0.05, 0.1) is 37.0 Å². The summed E-state index contributed by atoms with van der Waals surface area (Å²) in [5, 5.41) is 0. The molecule has 0 unspecified atom stereocenters. The second-order valence-electron chi connectivity index (χ2n) is 11.0. The molecular weight excluding hydrogens is 611 g/mol. The Morgan fingerprint density at radius 1 is 0.711 bits per heavy atom. The molecule has 0 aromatic carbocycles. The minimum Gasteiger partial charge on any atom is -0.657 e. The zero-order valence-corrected chi connectivity index (χ0v) is 27.4. The second-order valence-corrected chi connectivity index (χ2v) is 11.0. The van der Waals surface area contributed by atoms with E-state index in [4.69, 9.17) is 29.4 Å². The first-order valence-corrected chi connectivity index (χ1v) is 14.5. The van der Waals surface area contributed by atoms with Crippen LogP contribution >= 0.6 is 0 Å². The van der Waals surface area contributed by atoms with Crippen LogP contribution in [-0.4, -0.2) is 36.1 Å². The van der Waals surface area contributed by atoms with E-state index in [9.17, 15) is 9.59 Å². The van der Waals surface area contributed by atoms with Crippen molar-refractivity contribution in [2.24, 2.45) is 0 Å². The van der Waals surface area contributed by atoms with Crippen molar-refractivity contribution in [3.8, 4) is 0 Å². The van der Waals surface area contributed by atoms with Crippen molar-refractivity contribution < 1.29 is 35.6 Å². The number of esters is 2. The van der Waals surface area contributed by atoms with Crippen LogP contribution in [0.15, 0.2) is 43.5 Å². The Labute approximate surface area is 273 Å². The summed E-state index contributed by atoms with van der Waals surface area (Å²) < 4.78 is 9.86. The van der Waals surface area contributed by atoms with Gasteiger partial charge in [-0.05, 0) is 62.8 Å². The molecule has 0 atom stereocenters. The maximum atomic E-state index is 12.1. The third kappa shape index (κ3) is 6.36. The fraction of sp³-hybridized carbons (Fsp3) is 0.278. The largest absolute Gasteiger partial charge is 2.00 e. The summed E-state index contributed by atoms with van der Waals surface area (Å²) in [7, 11) is 2.78. The van der Waals surface area contributed by atoms with Gasteiger partial charge in [0.1, 0.15) is 0 Å². The summed E-state index contributed by atoms with van der Waals surface area (Å²) in [5.41, 5.74) is 13.6. The van der Waals surface area contributed by atoms with Crippen molar-refractivity contribution in [3.63, 3.8) is 0 Å². The van der Waals surface area contributed by atoms with Gasteiger partial charge in [0.25, 0.3) is 0 Å². The van der Waals surface area contributed by atoms with E-state index in [1.54, 1.807) is 0 Å². The van der Waals surface area contributed by atoms with Crippen molar-refractivity contribution >= 4 is 62.4 Å². The Kier molecular flexibility index (Phi) is 10.1. The third-order valence-corrected chi connectivity index (χ3v) is 8.50. The summed E-state index contributed by atoms with van der Waals surface area (Å²) in [6.45, 7) is 16.2. The fourth-order valence-electron chi connectivity index (χ4n) is 5.81. The molecule has 0 fully saturated rings. The van der Waals surface area contributed by atoms with Crippen molar-refractivity contribution in [2.75, 3.05) is 14.2 Å². The number of ether oxygens (including phenoxy) is 2. The number of methoxy groups -OCH3 is 2. The molecule has 8 bridgehead atoms. The summed E-state index contributed by atoms with van der Waals surface area (Å²) in [6.07, 6.45) is 4.96. The third-order valence-electron chi connectivity index (χ3n) is 8.50. The van der Waals surface area contributed by atoms with Crippen LogP contribution < -0.4 is 9.97 Å². The van der Waals surface area contributed by atoms with E-state index in [2.05, 4.69) is 13.2 Å². The molecule has 0 saturated heterocycles. The Morgan fingerprint density at radius 2 is 1.24 bits per heavy atom. The molecule has 5 rings (SSSR count). The molecule has 0 radical (unpaired) electrons. The number of carbonyl (C=O) groups is 2. The van der Waals surface area contributed by atoms with Crippen LogP contribution in [0.4, 0.5) is 0 Å². The van der Waals surface area contributed by atoms with Gasteiger partial charge in [-0.3, -0.25) is 9.59 Å². The van der Waals surface area contributed by atoms with Gasteiger partial charge in [-0.1, -0.05) is 66.3 Å². The summed E-state index contributed by atoms with van der Waals surface area (Å²) in [6, 6.07) is 7.87. The smallest absolute Gasteiger partial charge is 0.657 e. The van der Waals surface area contributed by atoms with E-state index in [1.807, 2.05) is 64.1 Å². The van der Waals surface area contributed by atoms with E-state index in [1.165, 1.54) is 14.2 Å². The predicted octanol–water partition coefficient (Wildman–Crippen LogP) is 6.94. The fourth-order valence-corrected chi connectivity index (χ4v) is 5.81. The van der Waals surface area contributed by atoms with E-state index < -0.39 is 0 Å². The van der Waals surface area contributed by atoms with Crippen LogP contribution in [0.3, 0.4) is 0 Å². The van der Waals surface area contributed by atoms with Gasteiger partial charge in [-0.15, -0.1) is 22.1 Å². The van der Waals surface area contributed by atoms with Gasteiger partial charge in [-0.2, -0.15) is 0 Å². The molecule has 45 heavy (non-hydrogen) atoms. The standard InChI is InChI=1S/C36H36N4O4.Ni/c1-9-23-19(3)27-15-28-21(5)25(11-13-35(41)43-7)33(39-28)18-34-26(12-14-36(42)44-8)22(6)30(40-34)17-32-24(10-2)20(4)29(38-32)16-31(23)37-27;/h9-10,15-18H,1-2,11-14H2,3-8H3;/q-2;+2. The first-order valence-electron chi connectivity index (χ1n) is 14.5. The molecule has 2 aliphatic heterocycles. The Bertz CT molecular complexity index is 1960. The van der Waals surface area contributed by atoms with Crippen LogP contribution in [0, 0.1) is 13.8 Å². The van der Waals surface area contributed by atoms with Crippen LogP contribution in [0.5, 0.6) is 0 Å². The molecular formula is C36H36N4NiO4. The monoisotopic (exact) mass is 646 g/mol. The number of aromatic nitrogens is 4. The molecule has 0 saturated carbocycles. The SMILES string of the molecule is C=CC1=C(C)c2cc3[n-]c(cc4nc(cc5[n-]c(cc1n2)c(C)c5CCC(=O)OC)C(CCC(=O)OC)=C4C)c(C)c3C=C.[Ni+2]. The van der Waals surface area contributed by atoms with Crippen molar-refractivity contribution in [1.29, 1.82) is 0 Å². The van der Waals surface area contributed by atoms with Crippen molar-refractivity contribution in [2.45, 2.75) is 53.4 Å². The molecule has 0 aliphatic carbocycles. The van der Waals surface area contributed by atoms with Gasteiger partial charge in [0, 0.05) is 18.4 Å². The van der Waals surface area contributed by atoms with Crippen molar-refractivity contribution in [1.82, 2.24) is 19.9 Å². The normalized spacial score (nSPS) is 12.6. The molecule has 3 aromatic rings. The van der Waals surface area contributed by atoms with Crippen LogP contribution in [0.1, 0.15) is 78.1 Å². The molecule has 5 heterocycles.